The minimum Gasteiger partial charge on any atom is -0.143 e. The topological polar surface area (TPSA) is 0 Å². The number of hydrogen-bond acceptors (Lipinski definition) is 2. The van der Waals surface area contributed by atoms with Gasteiger partial charge in [-0.2, -0.15) is 0 Å². The highest BCUT2D eigenvalue weighted by molar-refractivity contribution is 9.10. The van der Waals surface area contributed by atoms with Gasteiger partial charge in [0.05, 0.1) is 0 Å². The average molecular weight is 273 g/mol. The maximum atomic E-state index is 4.34. The van der Waals surface area contributed by atoms with E-state index in [1.807, 2.05) is 17.4 Å². The number of fused-ring (bicyclic) bond motifs is 1. The van der Waals surface area contributed by atoms with E-state index in [9.17, 15) is 0 Å². The van der Waals surface area contributed by atoms with Crippen molar-refractivity contribution in [2.45, 2.75) is 18.2 Å². The van der Waals surface area contributed by atoms with Crippen molar-refractivity contribution >= 4 is 50.0 Å². The van der Waals surface area contributed by atoms with E-state index in [4.69, 9.17) is 0 Å². The SMILES string of the molecule is CCc1cc2cc(S)cc(Br)c2s1. The van der Waals surface area contributed by atoms with Crippen molar-refractivity contribution in [3.8, 4) is 0 Å². The lowest BCUT2D eigenvalue weighted by atomic mass is 10.2. The van der Waals surface area contributed by atoms with E-state index in [1.54, 1.807) is 0 Å². The van der Waals surface area contributed by atoms with Gasteiger partial charge in [-0.25, -0.2) is 0 Å². The van der Waals surface area contributed by atoms with Crippen LogP contribution in [0, 0.1) is 0 Å². The molecule has 13 heavy (non-hydrogen) atoms. The van der Waals surface area contributed by atoms with Crippen LogP contribution in [0.5, 0.6) is 0 Å². The van der Waals surface area contributed by atoms with E-state index in [1.165, 1.54) is 15.0 Å². The van der Waals surface area contributed by atoms with E-state index in [2.05, 4.69) is 47.6 Å². The summed E-state index contributed by atoms with van der Waals surface area (Å²) in [6, 6.07) is 6.39. The summed E-state index contributed by atoms with van der Waals surface area (Å²) in [7, 11) is 0. The molecule has 0 radical (unpaired) electrons. The summed E-state index contributed by atoms with van der Waals surface area (Å²) in [5.41, 5.74) is 0. The third-order valence-corrected chi connectivity index (χ3v) is 4.43. The van der Waals surface area contributed by atoms with Crippen molar-refractivity contribution in [1.29, 1.82) is 0 Å². The molecule has 0 atom stereocenters. The van der Waals surface area contributed by atoms with E-state index in [0.717, 1.165) is 15.8 Å². The van der Waals surface area contributed by atoms with Crippen molar-refractivity contribution in [3.63, 3.8) is 0 Å². The van der Waals surface area contributed by atoms with E-state index in [-0.39, 0.29) is 0 Å². The van der Waals surface area contributed by atoms with E-state index < -0.39 is 0 Å². The molecule has 0 saturated carbocycles. The zero-order chi connectivity index (χ0) is 9.42. The van der Waals surface area contributed by atoms with Crippen LogP contribution in [-0.2, 0) is 6.42 Å². The first kappa shape index (κ1) is 9.56. The van der Waals surface area contributed by atoms with E-state index >= 15 is 0 Å². The summed E-state index contributed by atoms with van der Waals surface area (Å²) in [6.07, 6.45) is 1.10. The Bertz CT molecular complexity index is 445. The Morgan fingerprint density at radius 1 is 1.38 bits per heavy atom. The van der Waals surface area contributed by atoms with Gasteiger partial charge in [-0.15, -0.1) is 24.0 Å². The maximum Gasteiger partial charge on any atom is 0.0488 e. The van der Waals surface area contributed by atoms with Gasteiger partial charge in [0.25, 0.3) is 0 Å². The highest BCUT2D eigenvalue weighted by Crippen LogP contribution is 2.34. The Labute approximate surface area is 95.5 Å². The van der Waals surface area contributed by atoms with Gasteiger partial charge in [0.15, 0.2) is 0 Å². The molecular formula is C10H9BrS2. The fourth-order valence-corrected chi connectivity index (χ4v) is 3.47. The molecule has 1 aromatic heterocycles. The summed E-state index contributed by atoms with van der Waals surface area (Å²) in [6.45, 7) is 2.18. The molecule has 68 valence electrons. The minimum absolute atomic E-state index is 1.01. The number of benzene rings is 1. The predicted molar refractivity (Wildman–Crippen MR) is 66.2 cm³/mol. The minimum atomic E-state index is 1.01. The van der Waals surface area contributed by atoms with Gasteiger partial charge in [0, 0.05) is 18.9 Å². The second kappa shape index (κ2) is 3.64. The Morgan fingerprint density at radius 3 is 2.85 bits per heavy atom. The lowest BCUT2D eigenvalue weighted by Gasteiger charge is -1.94. The first-order chi connectivity index (χ1) is 6.20. The third kappa shape index (κ3) is 1.78. The zero-order valence-electron chi connectivity index (χ0n) is 7.17. The van der Waals surface area contributed by atoms with Gasteiger partial charge in [0.2, 0.25) is 0 Å². The number of thiophene rings is 1. The first-order valence-corrected chi connectivity index (χ1v) is 6.17. The van der Waals surface area contributed by atoms with Crippen LogP contribution in [0.4, 0.5) is 0 Å². The van der Waals surface area contributed by atoms with Crippen LogP contribution < -0.4 is 0 Å². The Balaban J connectivity index is 2.75. The molecule has 0 fully saturated rings. The molecular weight excluding hydrogens is 264 g/mol. The standard InChI is InChI=1S/C10H9BrS2/c1-2-8-4-6-3-7(12)5-9(11)10(6)13-8/h3-5,12H,2H2,1H3. The molecule has 0 aliphatic rings. The lowest BCUT2D eigenvalue weighted by Crippen LogP contribution is -1.68. The van der Waals surface area contributed by atoms with Crippen LogP contribution in [0.1, 0.15) is 11.8 Å². The molecule has 2 rings (SSSR count). The molecule has 0 spiro atoms. The van der Waals surface area contributed by atoms with Gasteiger partial charge in [-0.1, -0.05) is 6.92 Å². The zero-order valence-corrected chi connectivity index (χ0v) is 10.5. The highest BCUT2D eigenvalue weighted by Gasteiger charge is 2.04. The van der Waals surface area contributed by atoms with Crippen LogP contribution in [0.2, 0.25) is 0 Å². The lowest BCUT2D eigenvalue weighted by molar-refractivity contribution is 1.19. The molecule has 0 amide bonds. The largest absolute Gasteiger partial charge is 0.143 e. The second-order valence-electron chi connectivity index (χ2n) is 2.91. The van der Waals surface area contributed by atoms with Crippen molar-refractivity contribution in [2.75, 3.05) is 0 Å². The van der Waals surface area contributed by atoms with Crippen molar-refractivity contribution in [2.24, 2.45) is 0 Å². The molecule has 1 aromatic carbocycles. The third-order valence-electron chi connectivity index (χ3n) is 1.96. The monoisotopic (exact) mass is 272 g/mol. The first-order valence-electron chi connectivity index (χ1n) is 4.11. The molecule has 3 heteroatoms. The van der Waals surface area contributed by atoms with Crippen molar-refractivity contribution in [1.82, 2.24) is 0 Å². The molecule has 0 unspecified atom stereocenters. The molecule has 0 aliphatic heterocycles. The summed E-state index contributed by atoms with van der Waals surface area (Å²) >= 11 is 9.75. The number of hydrogen-bond donors (Lipinski definition) is 1. The van der Waals surface area contributed by atoms with Crippen molar-refractivity contribution < 1.29 is 0 Å². The molecule has 1 heterocycles. The summed E-state index contributed by atoms with van der Waals surface area (Å²) in [4.78, 5) is 2.44. The fraction of sp³-hybridized carbons (Fsp3) is 0.200. The van der Waals surface area contributed by atoms with E-state index in [0.29, 0.717) is 0 Å². The fourth-order valence-electron chi connectivity index (χ4n) is 1.32. The number of thiol groups is 1. The number of halogens is 1. The molecule has 0 N–H and O–H groups in total. The van der Waals surface area contributed by atoms with Crippen LogP contribution in [0.25, 0.3) is 10.1 Å². The van der Waals surface area contributed by atoms with Gasteiger partial charge >= 0.3 is 0 Å². The van der Waals surface area contributed by atoms with Gasteiger partial charge in [-0.3, -0.25) is 0 Å². The number of rotatable bonds is 1. The molecule has 0 saturated heterocycles. The Hall–Kier alpha value is 0.01000. The Morgan fingerprint density at radius 2 is 2.15 bits per heavy atom. The smallest absolute Gasteiger partial charge is 0.0488 e. The average Bonchev–Trinajstić information content (AvgIpc) is 2.47. The quantitative estimate of drug-likeness (QED) is 0.726. The Kier molecular flexibility index (Phi) is 2.67. The van der Waals surface area contributed by atoms with Crippen LogP contribution in [0.3, 0.4) is 0 Å². The van der Waals surface area contributed by atoms with Crippen molar-refractivity contribution in [3.05, 3.63) is 27.5 Å². The van der Waals surface area contributed by atoms with Gasteiger partial charge in [0.1, 0.15) is 0 Å². The number of aryl methyl sites for hydroxylation is 1. The normalized spacial score (nSPS) is 11.0. The van der Waals surface area contributed by atoms with Crippen LogP contribution >= 0.6 is 39.9 Å². The molecule has 0 nitrogen and oxygen atoms in total. The molecule has 0 aliphatic carbocycles. The highest BCUT2D eigenvalue weighted by atomic mass is 79.9. The summed E-state index contributed by atoms with van der Waals surface area (Å²) < 4.78 is 2.48. The summed E-state index contributed by atoms with van der Waals surface area (Å²) in [5, 5.41) is 1.29. The van der Waals surface area contributed by atoms with Crippen LogP contribution in [0.15, 0.2) is 27.6 Å². The molecule has 0 bridgehead atoms. The maximum absolute atomic E-state index is 4.34. The van der Waals surface area contributed by atoms with Crippen LogP contribution in [-0.4, -0.2) is 0 Å². The van der Waals surface area contributed by atoms with Gasteiger partial charge in [-0.05, 0) is 45.9 Å². The second-order valence-corrected chi connectivity index (χ2v) is 5.42. The molecule has 2 aromatic rings. The van der Waals surface area contributed by atoms with Gasteiger partial charge < -0.3 is 0 Å². The summed E-state index contributed by atoms with van der Waals surface area (Å²) in [5.74, 6) is 0. The predicted octanol–water partition coefficient (Wildman–Crippen LogP) is 4.51.